The highest BCUT2D eigenvalue weighted by Crippen LogP contribution is 2.62. The van der Waals surface area contributed by atoms with E-state index < -0.39 is 0 Å². The first-order valence-corrected chi connectivity index (χ1v) is 8.78. The van der Waals surface area contributed by atoms with Gasteiger partial charge in [0.15, 0.2) is 0 Å². The van der Waals surface area contributed by atoms with E-state index in [1.54, 1.807) is 7.11 Å². The van der Waals surface area contributed by atoms with E-state index in [9.17, 15) is 4.79 Å². The summed E-state index contributed by atoms with van der Waals surface area (Å²) in [5.74, 6) is 1.14. The van der Waals surface area contributed by atoms with Gasteiger partial charge in [-0.25, -0.2) is 0 Å². The molecule has 3 heterocycles. The third-order valence-corrected chi connectivity index (χ3v) is 6.68. The molecule has 1 N–H and O–H groups in total. The number of para-hydroxylation sites is 1. The molecule has 1 spiro atoms. The van der Waals surface area contributed by atoms with Crippen molar-refractivity contribution in [3.63, 3.8) is 0 Å². The summed E-state index contributed by atoms with van der Waals surface area (Å²) in [6.45, 7) is 4.18. The van der Waals surface area contributed by atoms with E-state index in [1.807, 2.05) is 6.07 Å². The molecule has 4 aliphatic rings. The Kier molecular flexibility index (Phi) is 2.82. The number of rotatable bonds is 2. The highest BCUT2D eigenvalue weighted by Gasteiger charge is 2.61. The lowest BCUT2D eigenvalue weighted by atomic mass is 9.62. The van der Waals surface area contributed by atoms with Crippen LogP contribution in [0, 0.1) is 5.92 Å². The fourth-order valence-corrected chi connectivity index (χ4v) is 5.66. The number of hydrogen-bond acceptors (Lipinski definition) is 4. The molecule has 2 saturated heterocycles. The third-order valence-electron chi connectivity index (χ3n) is 6.68. The van der Waals surface area contributed by atoms with Gasteiger partial charge in [0.1, 0.15) is 12.0 Å². The number of benzene rings is 1. The van der Waals surface area contributed by atoms with Crippen LogP contribution in [-0.2, 0) is 10.2 Å². The molecular weight excluding hydrogens is 300 g/mol. The van der Waals surface area contributed by atoms with E-state index in [0.717, 1.165) is 54.9 Å². The van der Waals surface area contributed by atoms with Gasteiger partial charge in [-0.2, -0.15) is 0 Å². The average molecular weight is 322 g/mol. The Balaban J connectivity index is 1.82. The van der Waals surface area contributed by atoms with Gasteiger partial charge in [0.25, 0.3) is 0 Å². The van der Waals surface area contributed by atoms with E-state index >= 15 is 0 Å². The van der Waals surface area contributed by atoms with E-state index in [-0.39, 0.29) is 11.3 Å². The SMILES string of the molecule is CC=C1CN2CCC34C(=C(C=O)C1CC23)Nc1c(OC)cccc14. The third kappa shape index (κ3) is 1.46. The molecule has 3 atom stereocenters. The van der Waals surface area contributed by atoms with Crippen molar-refractivity contribution < 1.29 is 9.53 Å². The zero-order chi connectivity index (χ0) is 16.5. The van der Waals surface area contributed by atoms with Crippen molar-refractivity contribution in [2.75, 3.05) is 25.5 Å². The standard InChI is InChI=1S/C20H22N2O2/c1-3-12-10-22-8-7-20-15-5-4-6-16(24-2)18(15)21-19(20)14(11-23)13(12)9-17(20)22/h3-6,11,13,17,21H,7-10H2,1-2H3. The molecule has 0 saturated carbocycles. The summed E-state index contributed by atoms with van der Waals surface area (Å²) in [5, 5.41) is 3.62. The molecule has 2 fully saturated rings. The predicted octanol–water partition coefficient (Wildman–Crippen LogP) is 2.87. The van der Waals surface area contributed by atoms with E-state index in [1.165, 1.54) is 11.1 Å². The molecule has 0 amide bonds. The van der Waals surface area contributed by atoms with E-state index in [0.29, 0.717) is 6.04 Å². The zero-order valence-corrected chi connectivity index (χ0v) is 14.1. The van der Waals surface area contributed by atoms with Crippen LogP contribution in [0.2, 0.25) is 0 Å². The fourth-order valence-electron chi connectivity index (χ4n) is 5.66. The van der Waals surface area contributed by atoms with Gasteiger partial charge in [-0.1, -0.05) is 23.8 Å². The molecule has 1 aromatic rings. The van der Waals surface area contributed by atoms with Crippen LogP contribution in [0.15, 0.2) is 41.1 Å². The van der Waals surface area contributed by atoms with Crippen molar-refractivity contribution in [2.45, 2.75) is 31.2 Å². The molecule has 2 bridgehead atoms. The van der Waals surface area contributed by atoms with Gasteiger partial charge in [-0.3, -0.25) is 9.69 Å². The highest BCUT2D eigenvalue weighted by molar-refractivity contribution is 5.86. The minimum atomic E-state index is -0.0596. The van der Waals surface area contributed by atoms with Gasteiger partial charge in [0.2, 0.25) is 0 Å². The van der Waals surface area contributed by atoms with Gasteiger partial charge in [-0.15, -0.1) is 0 Å². The van der Waals surface area contributed by atoms with Crippen LogP contribution < -0.4 is 10.1 Å². The first-order valence-electron chi connectivity index (χ1n) is 8.78. The summed E-state index contributed by atoms with van der Waals surface area (Å²) in [4.78, 5) is 14.7. The lowest BCUT2D eigenvalue weighted by Gasteiger charge is -2.48. The number of methoxy groups -OCH3 is 1. The van der Waals surface area contributed by atoms with Gasteiger partial charge >= 0.3 is 0 Å². The van der Waals surface area contributed by atoms with Crippen LogP contribution >= 0.6 is 0 Å². The number of anilines is 1. The maximum absolute atomic E-state index is 12.1. The lowest BCUT2D eigenvalue weighted by Crippen LogP contribution is -2.52. The minimum Gasteiger partial charge on any atom is -0.495 e. The van der Waals surface area contributed by atoms with Crippen molar-refractivity contribution in [3.8, 4) is 5.75 Å². The van der Waals surface area contributed by atoms with Crippen molar-refractivity contribution in [3.05, 3.63) is 46.7 Å². The molecule has 0 aromatic heterocycles. The largest absolute Gasteiger partial charge is 0.495 e. The second kappa shape index (κ2) is 4.73. The Hall–Kier alpha value is -2.07. The number of hydrogen-bond donors (Lipinski definition) is 1. The average Bonchev–Trinajstić information content (AvgIpc) is 3.17. The second-order valence-electron chi connectivity index (χ2n) is 7.32. The summed E-state index contributed by atoms with van der Waals surface area (Å²) < 4.78 is 5.59. The quantitative estimate of drug-likeness (QED) is 0.671. The van der Waals surface area contributed by atoms with Crippen molar-refractivity contribution in [1.82, 2.24) is 4.90 Å². The molecule has 1 aliphatic carbocycles. The molecule has 1 aromatic carbocycles. The van der Waals surface area contributed by atoms with Crippen LogP contribution in [0.25, 0.3) is 0 Å². The molecule has 124 valence electrons. The molecule has 4 nitrogen and oxygen atoms in total. The zero-order valence-electron chi connectivity index (χ0n) is 14.1. The van der Waals surface area contributed by atoms with Crippen molar-refractivity contribution >= 4 is 12.0 Å². The van der Waals surface area contributed by atoms with Crippen LogP contribution in [-0.4, -0.2) is 37.4 Å². The summed E-state index contributed by atoms with van der Waals surface area (Å²) in [6, 6.07) is 6.77. The van der Waals surface area contributed by atoms with Gasteiger partial charge in [-0.05, 0) is 31.4 Å². The summed E-state index contributed by atoms with van der Waals surface area (Å²) in [5.41, 5.74) is 5.80. The fraction of sp³-hybridized carbons (Fsp3) is 0.450. The maximum Gasteiger partial charge on any atom is 0.148 e. The van der Waals surface area contributed by atoms with Crippen LogP contribution in [0.1, 0.15) is 25.3 Å². The van der Waals surface area contributed by atoms with Crippen molar-refractivity contribution in [2.24, 2.45) is 5.92 Å². The van der Waals surface area contributed by atoms with Gasteiger partial charge < -0.3 is 10.1 Å². The predicted molar refractivity (Wildman–Crippen MR) is 93.2 cm³/mol. The number of nitrogens with one attached hydrogen (secondary N) is 1. The molecule has 24 heavy (non-hydrogen) atoms. The first-order chi connectivity index (χ1) is 11.7. The Morgan fingerprint density at radius 3 is 3.04 bits per heavy atom. The number of carbonyl (C=O) groups excluding carboxylic acids is 1. The first kappa shape index (κ1) is 14.3. The van der Waals surface area contributed by atoms with Crippen molar-refractivity contribution in [1.29, 1.82) is 0 Å². The number of allylic oxidation sites excluding steroid dienone is 2. The highest BCUT2D eigenvalue weighted by atomic mass is 16.5. The van der Waals surface area contributed by atoms with Crippen LogP contribution in [0.4, 0.5) is 5.69 Å². The van der Waals surface area contributed by atoms with Gasteiger partial charge in [0, 0.05) is 36.3 Å². The number of nitrogens with zero attached hydrogens (tertiary/aromatic N) is 1. The van der Waals surface area contributed by atoms with E-state index in [4.69, 9.17) is 4.74 Å². The summed E-state index contributed by atoms with van der Waals surface area (Å²) in [6.07, 6.45) is 5.43. The molecule has 3 aliphatic heterocycles. The monoisotopic (exact) mass is 322 g/mol. The molecule has 5 rings (SSSR count). The Morgan fingerprint density at radius 2 is 2.29 bits per heavy atom. The number of ether oxygens (including phenoxy) is 1. The van der Waals surface area contributed by atoms with Crippen LogP contribution in [0.5, 0.6) is 5.75 Å². The Morgan fingerprint density at radius 1 is 1.42 bits per heavy atom. The Labute approximate surface area is 142 Å². The lowest BCUT2D eigenvalue weighted by molar-refractivity contribution is -0.105. The molecule has 4 heteroatoms. The minimum absolute atomic E-state index is 0.0596. The van der Waals surface area contributed by atoms with Crippen LogP contribution in [0.3, 0.4) is 0 Å². The number of aldehydes is 1. The van der Waals surface area contributed by atoms with Gasteiger partial charge in [0.05, 0.1) is 18.2 Å². The molecule has 0 radical (unpaired) electrons. The summed E-state index contributed by atoms with van der Waals surface area (Å²) in [7, 11) is 1.71. The number of fused-ring (bicyclic) bond motifs is 2. The van der Waals surface area contributed by atoms with E-state index in [2.05, 4.69) is 35.3 Å². The molecular formula is C20H22N2O2. The smallest absolute Gasteiger partial charge is 0.148 e. The Bertz CT molecular complexity index is 810. The maximum atomic E-state index is 12.1. The summed E-state index contributed by atoms with van der Waals surface area (Å²) >= 11 is 0. The second-order valence-corrected chi connectivity index (χ2v) is 7.32. The number of carbonyl (C=O) groups is 1. The molecule has 3 unspecified atom stereocenters. The normalized spacial score (nSPS) is 34.8. The number of piperidine rings is 1. The topological polar surface area (TPSA) is 41.6 Å².